The first-order valence-electron chi connectivity index (χ1n) is 7.21. The van der Waals surface area contributed by atoms with Gasteiger partial charge in [-0.3, -0.25) is 4.90 Å². The smallest absolute Gasteiger partial charge is 0.107 e. The van der Waals surface area contributed by atoms with Crippen LogP contribution in [0.5, 0.6) is 0 Å². The van der Waals surface area contributed by atoms with Crippen molar-refractivity contribution >= 4 is 0 Å². The molecule has 0 radical (unpaired) electrons. The Hall–Kier alpha value is -0.900. The van der Waals surface area contributed by atoms with Gasteiger partial charge in [-0.2, -0.15) is 0 Å². The third-order valence-electron chi connectivity index (χ3n) is 4.03. The third-order valence-corrected chi connectivity index (χ3v) is 4.03. The molecule has 2 unspecified atom stereocenters. The van der Waals surface area contributed by atoms with Crippen LogP contribution in [-0.4, -0.2) is 42.4 Å². The maximum absolute atomic E-state index is 10.6. The lowest BCUT2D eigenvalue weighted by Crippen LogP contribution is -2.45. The standard InChI is InChI=1S/C16H25NO2/c1-4-8-17-9-10-19-15(11-17)16(18)14-7-5-6-12(2)13(14)3/h5-7,15-16,18H,4,8-11H2,1-3H3. The molecule has 0 amide bonds. The van der Waals surface area contributed by atoms with Gasteiger partial charge >= 0.3 is 0 Å². The molecule has 1 N–H and O–H groups in total. The van der Waals surface area contributed by atoms with Crippen molar-refractivity contribution in [3.8, 4) is 0 Å². The number of nitrogens with zero attached hydrogens (tertiary/aromatic N) is 1. The van der Waals surface area contributed by atoms with E-state index in [9.17, 15) is 5.11 Å². The van der Waals surface area contributed by atoms with Crippen molar-refractivity contribution in [3.63, 3.8) is 0 Å². The number of hydrogen-bond acceptors (Lipinski definition) is 3. The van der Waals surface area contributed by atoms with E-state index in [1.807, 2.05) is 12.1 Å². The second-order valence-corrected chi connectivity index (χ2v) is 5.44. The van der Waals surface area contributed by atoms with E-state index in [4.69, 9.17) is 4.74 Å². The Kier molecular flexibility index (Phi) is 4.97. The van der Waals surface area contributed by atoms with Crippen molar-refractivity contribution in [3.05, 3.63) is 34.9 Å². The first-order chi connectivity index (χ1) is 9.13. The van der Waals surface area contributed by atoms with Crippen LogP contribution in [0, 0.1) is 13.8 Å². The molecule has 3 nitrogen and oxygen atoms in total. The minimum Gasteiger partial charge on any atom is -0.386 e. The van der Waals surface area contributed by atoms with Gasteiger partial charge in [0.05, 0.1) is 6.61 Å². The highest BCUT2D eigenvalue weighted by atomic mass is 16.5. The number of hydrogen-bond donors (Lipinski definition) is 1. The average molecular weight is 263 g/mol. The molecule has 1 aromatic carbocycles. The molecule has 1 aliphatic heterocycles. The van der Waals surface area contributed by atoms with Crippen LogP contribution in [0.15, 0.2) is 18.2 Å². The monoisotopic (exact) mass is 263 g/mol. The summed E-state index contributed by atoms with van der Waals surface area (Å²) in [5, 5.41) is 10.6. The van der Waals surface area contributed by atoms with Gasteiger partial charge in [0.2, 0.25) is 0 Å². The molecule has 1 aliphatic rings. The lowest BCUT2D eigenvalue weighted by atomic mass is 9.95. The normalized spacial score (nSPS) is 22.4. The maximum atomic E-state index is 10.6. The van der Waals surface area contributed by atoms with Gasteiger partial charge in [0, 0.05) is 13.1 Å². The summed E-state index contributed by atoms with van der Waals surface area (Å²) in [6, 6.07) is 6.10. The van der Waals surface area contributed by atoms with Gasteiger partial charge in [0.25, 0.3) is 0 Å². The van der Waals surface area contributed by atoms with Gasteiger partial charge in [-0.05, 0) is 43.5 Å². The molecule has 106 valence electrons. The van der Waals surface area contributed by atoms with Crippen LogP contribution in [0.1, 0.15) is 36.1 Å². The quantitative estimate of drug-likeness (QED) is 0.905. The molecule has 1 heterocycles. The van der Waals surface area contributed by atoms with Crippen LogP contribution in [0.25, 0.3) is 0 Å². The molecule has 2 atom stereocenters. The molecule has 0 aliphatic carbocycles. The van der Waals surface area contributed by atoms with E-state index < -0.39 is 6.10 Å². The highest BCUT2D eigenvalue weighted by Crippen LogP contribution is 2.26. The summed E-state index contributed by atoms with van der Waals surface area (Å²) in [7, 11) is 0. The molecule has 0 spiro atoms. The minimum absolute atomic E-state index is 0.110. The molecule has 0 bridgehead atoms. The second kappa shape index (κ2) is 6.51. The van der Waals surface area contributed by atoms with Crippen molar-refractivity contribution in [1.82, 2.24) is 4.90 Å². The number of aryl methyl sites for hydroxylation is 1. The van der Waals surface area contributed by atoms with E-state index in [-0.39, 0.29) is 6.10 Å². The molecule has 19 heavy (non-hydrogen) atoms. The van der Waals surface area contributed by atoms with Crippen molar-refractivity contribution < 1.29 is 9.84 Å². The molecule has 1 saturated heterocycles. The Labute approximate surface area is 116 Å². The van der Waals surface area contributed by atoms with Crippen LogP contribution >= 0.6 is 0 Å². The molecule has 2 rings (SSSR count). The van der Waals surface area contributed by atoms with E-state index in [1.165, 1.54) is 11.1 Å². The topological polar surface area (TPSA) is 32.7 Å². The highest BCUT2D eigenvalue weighted by Gasteiger charge is 2.28. The fourth-order valence-corrected chi connectivity index (χ4v) is 2.74. The summed E-state index contributed by atoms with van der Waals surface area (Å²) in [4.78, 5) is 2.38. The Morgan fingerprint density at radius 2 is 2.21 bits per heavy atom. The Morgan fingerprint density at radius 1 is 1.42 bits per heavy atom. The van der Waals surface area contributed by atoms with Crippen molar-refractivity contribution in [1.29, 1.82) is 0 Å². The van der Waals surface area contributed by atoms with E-state index in [0.717, 1.165) is 31.6 Å². The zero-order valence-corrected chi connectivity index (χ0v) is 12.2. The van der Waals surface area contributed by atoms with E-state index in [2.05, 4.69) is 31.7 Å². The average Bonchev–Trinajstić information content (AvgIpc) is 2.42. The number of benzene rings is 1. The Bertz CT molecular complexity index is 417. The van der Waals surface area contributed by atoms with Crippen LogP contribution < -0.4 is 0 Å². The fourth-order valence-electron chi connectivity index (χ4n) is 2.74. The number of ether oxygens (including phenoxy) is 1. The maximum Gasteiger partial charge on any atom is 0.107 e. The largest absolute Gasteiger partial charge is 0.386 e. The van der Waals surface area contributed by atoms with Gasteiger partial charge in [-0.1, -0.05) is 25.1 Å². The summed E-state index contributed by atoms with van der Waals surface area (Å²) >= 11 is 0. The number of rotatable bonds is 4. The summed E-state index contributed by atoms with van der Waals surface area (Å²) < 4.78 is 5.77. The summed E-state index contributed by atoms with van der Waals surface area (Å²) in [6.45, 7) is 9.93. The first-order valence-corrected chi connectivity index (χ1v) is 7.21. The van der Waals surface area contributed by atoms with Gasteiger partial charge < -0.3 is 9.84 Å². The zero-order valence-electron chi connectivity index (χ0n) is 12.2. The van der Waals surface area contributed by atoms with Crippen LogP contribution in [0.4, 0.5) is 0 Å². The van der Waals surface area contributed by atoms with Crippen LogP contribution in [-0.2, 0) is 4.74 Å². The van der Waals surface area contributed by atoms with Crippen molar-refractivity contribution in [2.75, 3.05) is 26.2 Å². The van der Waals surface area contributed by atoms with E-state index in [1.54, 1.807) is 0 Å². The van der Waals surface area contributed by atoms with Gasteiger partial charge in [0.15, 0.2) is 0 Å². The molecule has 3 heteroatoms. The Balaban J connectivity index is 2.10. The second-order valence-electron chi connectivity index (χ2n) is 5.44. The van der Waals surface area contributed by atoms with Gasteiger partial charge in [-0.15, -0.1) is 0 Å². The minimum atomic E-state index is -0.528. The third kappa shape index (κ3) is 3.35. The fraction of sp³-hybridized carbons (Fsp3) is 0.625. The SMILES string of the molecule is CCCN1CCOC(C(O)c2cccc(C)c2C)C1. The predicted octanol–water partition coefficient (Wildman–Crippen LogP) is 2.45. The molecular weight excluding hydrogens is 238 g/mol. The van der Waals surface area contributed by atoms with Crippen molar-refractivity contribution in [2.24, 2.45) is 0 Å². The van der Waals surface area contributed by atoms with Crippen LogP contribution in [0.3, 0.4) is 0 Å². The molecule has 1 fully saturated rings. The van der Waals surface area contributed by atoms with Crippen molar-refractivity contribution in [2.45, 2.75) is 39.4 Å². The van der Waals surface area contributed by atoms with Gasteiger partial charge in [0.1, 0.15) is 12.2 Å². The van der Waals surface area contributed by atoms with Crippen LogP contribution in [0.2, 0.25) is 0 Å². The Morgan fingerprint density at radius 3 is 2.95 bits per heavy atom. The number of aliphatic hydroxyl groups is 1. The molecule has 0 saturated carbocycles. The highest BCUT2D eigenvalue weighted by molar-refractivity contribution is 5.35. The van der Waals surface area contributed by atoms with E-state index in [0.29, 0.717) is 6.61 Å². The van der Waals surface area contributed by atoms with E-state index >= 15 is 0 Å². The number of morpholine rings is 1. The molecular formula is C16H25NO2. The lowest BCUT2D eigenvalue weighted by molar-refractivity contribution is -0.0900. The number of aliphatic hydroxyl groups excluding tert-OH is 1. The van der Waals surface area contributed by atoms with Gasteiger partial charge in [-0.25, -0.2) is 0 Å². The summed E-state index contributed by atoms with van der Waals surface area (Å²) in [5.74, 6) is 0. The molecule has 0 aromatic heterocycles. The summed E-state index contributed by atoms with van der Waals surface area (Å²) in [6.07, 6.45) is 0.507. The summed E-state index contributed by atoms with van der Waals surface area (Å²) in [5.41, 5.74) is 3.40. The lowest BCUT2D eigenvalue weighted by Gasteiger charge is -2.35. The zero-order chi connectivity index (χ0) is 13.8. The first kappa shape index (κ1) is 14.5. The predicted molar refractivity (Wildman–Crippen MR) is 77.3 cm³/mol. The molecule has 1 aromatic rings.